The fourth-order valence-electron chi connectivity index (χ4n) is 2.24. The predicted molar refractivity (Wildman–Crippen MR) is 73.1 cm³/mol. The van der Waals surface area contributed by atoms with Crippen LogP contribution in [0.3, 0.4) is 0 Å². The number of rotatable bonds is 5. The summed E-state index contributed by atoms with van der Waals surface area (Å²) in [5.74, 6) is 0.979. The van der Waals surface area contributed by atoms with Gasteiger partial charge < -0.3 is 14.8 Å². The fraction of sp³-hybridized carbons (Fsp3) is 0.600. The van der Waals surface area contributed by atoms with E-state index in [1.807, 2.05) is 7.05 Å². The van der Waals surface area contributed by atoms with Crippen molar-refractivity contribution in [3.05, 3.63) is 29.3 Å². The largest absolute Gasteiger partial charge is 0.491 e. The topological polar surface area (TPSA) is 30.5 Å². The summed E-state index contributed by atoms with van der Waals surface area (Å²) in [6, 6.07) is 6.67. The van der Waals surface area contributed by atoms with Crippen LogP contribution in [0.4, 0.5) is 0 Å². The van der Waals surface area contributed by atoms with Crippen LogP contribution in [0.2, 0.25) is 0 Å². The number of aryl methyl sites for hydroxylation is 1. The Hall–Kier alpha value is -1.06. The van der Waals surface area contributed by atoms with Crippen molar-refractivity contribution in [3.63, 3.8) is 0 Å². The molecular weight excluding hydrogens is 226 g/mol. The van der Waals surface area contributed by atoms with Gasteiger partial charge in [-0.2, -0.15) is 0 Å². The molecule has 1 N–H and O–H groups in total. The summed E-state index contributed by atoms with van der Waals surface area (Å²) in [5, 5.41) is 3.26. The summed E-state index contributed by atoms with van der Waals surface area (Å²) in [5.41, 5.74) is 2.44. The van der Waals surface area contributed by atoms with Gasteiger partial charge in [-0.05, 0) is 45.4 Å². The molecule has 100 valence electrons. The normalized spacial score (nSPS) is 20.9. The molecule has 1 aromatic carbocycles. The molecule has 1 aromatic rings. The molecule has 1 fully saturated rings. The predicted octanol–water partition coefficient (Wildman–Crippen LogP) is 2.83. The molecule has 0 spiro atoms. The number of benzene rings is 1. The molecular formula is C15H23NO2. The van der Waals surface area contributed by atoms with Gasteiger partial charge in [0, 0.05) is 18.2 Å². The van der Waals surface area contributed by atoms with E-state index in [1.54, 1.807) is 0 Å². The minimum atomic E-state index is 0.267. The van der Waals surface area contributed by atoms with Crippen LogP contribution >= 0.6 is 0 Å². The van der Waals surface area contributed by atoms with Crippen molar-refractivity contribution < 1.29 is 9.47 Å². The highest BCUT2D eigenvalue weighted by molar-refractivity contribution is 5.39. The third-order valence-electron chi connectivity index (χ3n) is 3.52. The molecule has 0 amide bonds. The summed E-state index contributed by atoms with van der Waals surface area (Å²) < 4.78 is 11.6. The highest BCUT2D eigenvalue weighted by Gasteiger charge is 2.17. The molecule has 0 radical (unpaired) electrons. The van der Waals surface area contributed by atoms with Crippen LogP contribution in [-0.4, -0.2) is 26.4 Å². The lowest BCUT2D eigenvalue weighted by Gasteiger charge is -2.18. The van der Waals surface area contributed by atoms with Crippen molar-refractivity contribution >= 4 is 0 Å². The quantitative estimate of drug-likeness (QED) is 0.870. The molecule has 2 rings (SSSR count). The molecule has 1 saturated heterocycles. The van der Waals surface area contributed by atoms with Gasteiger partial charge in [-0.15, -0.1) is 0 Å². The van der Waals surface area contributed by atoms with Crippen LogP contribution in [0.5, 0.6) is 5.75 Å². The smallest absolute Gasteiger partial charge is 0.124 e. The van der Waals surface area contributed by atoms with Gasteiger partial charge in [0.05, 0.1) is 6.10 Å². The summed E-state index contributed by atoms with van der Waals surface area (Å²) in [6.07, 6.45) is 2.54. The second-order valence-electron chi connectivity index (χ2n) is 5.00. The lowest BCUT2D eigenvalue weighted by molar-refractivity contribution is 0.0674. The molecule has 0 saturated carbocycles. The van der Waals surface area contributed by atoms with Gasteiger partial charge in [0.15, 0.2) is 0 Å². The Morgan fingerprint density at radius 2 is 2.33 bits per heavy atom. The van der Waals surface area contributed by atoms with Gasteiger partial charge in [-0.1, -0.05) is 12.1 Å². The monoisotopic (exact) mass is 249 g/mol. The average molecular weight is 249 g/mol. The van der Waals surface area contributed by atoms with Crippen LogP contribution in [0, 0.1) is 6.92 Å². The average Bonchev–Trinajstić information content (AvgIpc) is 2.88. The van der Waals surface area contributed by atoms with Crippen LogP contribution in [0.1, 0.15) is 36.9 Å². The van der Waals surface area contributed by atoms with Gasteiger partial charge in [0.2, 0.25) is 0 Å². The van der Waals surface area contributed by atoms with Crippen LogP contribution in [-0.2, 0) is 4.74 Å². The molecule has 1 aliphatic heterocycles. The molecule has 0 aliphatic carbocycles. The van der Waals surface area contributed by atoms with E-state index < -0.39 is 0 Å². The Morgan fingerprint density at radius 1 is 1.50 bits per heavy atom. The van der Waals surface area contributed by atoms with E-state index in [0.717, 1.165) is 25.2 Å². The number of hydrogen-bond donors (Lipinski definition) is 1. The first-order valence-electron chi connectivity index (χ1n) is 6.73. The molecule has 18 heavy (non-hydrogen) atoms. The van der Waals surface area contributed by atoms with Gasteiger partial charge in [-0.25, -0.2) is 0 Å². The van der Waals surface area contributed by atoms with Crippen molar-refractivity contribution in [1.29, 1.82) is 0 Å². The SMILES string of the molecule is CNC(C)c1ccc(C)cc1OCC1CCCO1. The van der Waals surface area contributed by atoms with E-state index in [0.29, 0.717) is 12.6 Å². The lowest BCUT2D eigenvalue weighted by Crippen LogP contribution is -2.19. The molecule has 0 aromatic heterocycles. The minimum absolute atomic E-state index is 0.267. The van der Waals surface area contributed by atoms with Crippen molar-refractivity contribution in [3.8, 4) is 5.75 Å². The number of nitrogens with one attached hydrogen (secondary N) is 1. The number of hydrogen-bond acceptors (Lipinski definition) is 3. The molecule has 0 bridgehead atoms. The van der Waals surface area contributed by atoms with Crippen LogP contribution < -0.4 is 10.1 Å². The van der Waals surface area contributed by atoms with E-state index in [1.165, 1.54) is 11.1 Å². The first-order valence-corrected chi connectivity index (χ1v) is 6.73. The van der Waals surface area contributed by atoms with Gasteiger partial charge in [-0.3, -0.25) is 0 Å². The zero-order valence-electron chi connectivity index (χ0n) is 11.5. The maximum atomic E-state index is 5.96. The Balaban J connectivity index is 2.06. The van der Waals surface area contributed by atoms with E-state index in [4.69, 9.17) is 9.47 Å². The van der Waals surface area contributed by atoms with Gasteiger partial charge >= 0.3 is 0 Å². The Bertz CT molecular complexity index is 386. The first-order chi connectivity index (χ1) is 8.70. The molecule has 2 atom stereocenters. The zero-order chi connectivity index (χ0) is 13.0. The van der Waals surface area contributed by atoms with E-state index >= 15 is 0 Å². The Kier molecular flexibility index (Phi) is 4.61. The third kappa shape index (κ3) is 3.24. The van der Waals surface area contributed by atoms with E-state index in [9.17, 15) is 0 Å². The second-order valence-corrected chi connectivity index (χ2v) is 5.00. The van der Waals surface area contributed by atoms with Crippen LogP contribution in [0.15, 0.2) is 18.2 Å². The molecule has 3 heteroatoms. The molecule has 1 aliphatic rings. The summed E-state index contributed by atoms with van der Waals surface area (Å²) >= 11 is 0. The maximum absolute atomic E-state index is 5.96. The minimum Gasteiger partial charge on any atom is -0.491 e. The van der Waals surface area contributed by atoms with Crippen molar-refractivity contribution in [2.45, 2.75) is 38.8 Å². The first kappa shape index (κ1) is 13.4. The van der Waals surface area contributed by atoms with E-state index in [-0.39, 0.29) is 6.10 Å². The third-order valence-corrected chi connectivity index (χ3v) is 3.52. The fourth-order valence-corrected chi connectivity index (χ4v) is 2.24. The zero-order valence-corrected chi connectivity index (χ0v) is 11.5. The highest BCUT2D eigenvalue weighted by Crippen LogP contribution is 2.27. The van der Waals surface area contributed by atoms with Crippen molar-refractivity contribution in [1.82, 2.24) is 5.32 Å². The van der Waals surface area contributed by atoms with E-state index in [2.05, 4.69) is 37.4 Å². The Labute approximate surface area is 109 Å². The molecule has 2 unspecified atom stereocenters. The van der Waals surface area contributed by atoms with Gasteiger partial charge in [0.1, 0.15) is 12.4 Å². The summed E-state index contributed by atoms with van der Waals surface area (Å²) in [7, 11) is 1.97. The van der Waals surface area contributed by atoms with Crippen molar-refractivity contribution in [2.24, 2.45) is 0 Å². The summed E-state index contributed by atoms with van der Waals surface area (Å²) in [4.78, 5) is 0. The number of ether oxygens (including phenoxy) is 2. The van der Waals surface area contributed by atoms with Gasteiger partial charge in [0.25, 0.3) is 0 Å². The summed E-state index contributed by atoms with van der Waals surface area (Å²) in [6.45, 7) is 5.77. The van der Waals surface area contributed by atoms with Crippen LogP contribution in [0.25, 0.3) is 0 Å². The maximum Gasteiger partial charge on any atom is 0.124 e. The Morgan fingerprint density at radius 3 is 3.00 bits per heavy atom. The molecule has 3 nitrogen and oxygen atoms in total. The van der Waals surface area contributed by atoms with Crippen molar-refractivity contribution in [2.75, 3.05) is 20.3 Å². The molecule has 1 heterocycles. The highest BCUT2D eigenvalue weighted by atomic mass is 16.5. The second kappa shape index (κ2) is 6.21. The standard InChI is InChI=1S/C15H23NO2/c1-11-6-7-14(12(2)16-3)15(9-11)18-10-13-5-4-8-17-13/h6-7,9,12-13,16H,4-5,8,10H2,1-3H3. The lowest BCUT2D eigenvalue weighted by atomic mass is 10.1.